The third kappa shape index (κ3) is 2.41. The van der Waals surface area contributed by atoms with Crippen molar-refractivity contribution in [2.75, 3.05) is 0 Å². The van der Waals surface area contributed by atoms with E-state index >= 15 is 0 Å². The Labute approximate surface area is 101 Å². The molecule has 0 saturated heterocycles. The van der Waals surface area contributed by atoms with Gasteiger partial charge in [0.25, 0.3) is 0 Å². The molecule has 86 valence electrons. The lowest BCUT2D eigenvalue weighted by Gasteiger charge is -2.15. The predicted molar refractivity (Wildman–Crippen MR) is 66.8 cm³/mol. The molecule has 0 amide bonds. The SMILES string of the molecule is CC1CC=CC=C1C(=O)C(=O)c1ccccc1. The Balaban J connectivity index is 2.24. The molecule has 0 spiro atoms. The number of hydrogen-bond acceptors (Lipinski definition) is 2. The summed E-state index contributed by atoms with van der Waals surface area (Å²) in [6, 6.07) is 8.69. The Morgan fingerprint density at radius 2 is 1.82 bits per heavy atom. The first-order chi connectivity index (χ1) is 8.20. The maximum atomic E-state index is 12.1. The summed E-state index contributed by atoms with van der Waals surface area (Å²) in [6.45, 7) is 1.96. The fraction of sp³-hybridized carbons (Fsp3) is 0.200. The highest BCUT2D eigenvalue weighted by Crippen LogP contribution is 2.21. The maximum Gasteiger partial charge on any atom is 0.233 e. The summed E-state index contributed by atoms with van der Waals surface area (Å²) in [5.74, 6) is -0.674. The molecule has 2 rings (SSSR count). The van der Waals surface area contributed by atoms with E-state index in [1.54, 1.807) is 30.3 Å². The van der Waals surface area contributed by atoms with Gasteiger partial charge >= 0.3 is 0 Å². The molecule has 0 saturated carbocycles. The van der Waals surface area contributed by atoms with Crippen molar-refractivity contribution in [2.45, 2.75) is 13.3 Å². The van der Waals surface area contributed by atoms with Crippen molar-refractivity contribution in [1.82, 2.24) is 0 Å². The van der Waals surface area contributed by atoms with Crippen LogP contribution in [0.5, 0.6) is 0 Å². The van der Waals surface area contributed by atoms with Crippen LogP contribution in [0.25, 0.3) is 0 Å². The average Bonchev–Trinajstić information content (AvgIpc) is 2.39. The monoisotopic (exact) mass is 226 g/mol. The van der Waals surface area contributed by atoms with E-state index in [4.69, 9.17) is 0 Å². The van der Waals surface area contributed by atoms with Crippen LogP contribution in [0, 0.1) is 5.92 Å². The molecule has 1 aromatic rings. The fourth-order valence-electron chi connectivity index (χ4n) is 1.90. The summed E-state index contributed by atoms with van der Waals surface area (Å²) in [7, 11) is 0. The number of benzene rings is 1. The molecule has 1 aliphatic carbocycles. The molecule has 1 aromatic carbocycles. The van der Waals surface area contributed by atoms with Crippen LogP contribution in [0.4, 0.5) is 0 Å². The topological polar surface area (TPSA) is 34.1 Å². The molecule has 1 aliphatic rings. The van der Waals surface area contributed by atoms with Gasteiger partial charge in [0.2, 0.25) is 11.6 Å². The van der Waals surface area contributed by atoms with Gasteiger partial charge < -0.3 is 0 Å². The van der Waals surface area contributed by atoms with E-state index in [-0.39, 0.29) is 11.7 Å². The summed E-state index contributed by atoms with van der Waals surface area (Å²) in [5, 5.41) is 0. The van der Waals surface area contributed by atoms with Crippen LogP contribution in [0.1, 0.15) is 23.7 Å². The van der Waals surface area contributed by atoms with Crippen LogP contribution < -0.4 is 0 Å². The Morgan fingerprint density at radius 1 is 1.12 bits per heavy atom. The van der Waals surface area contributed by atoms with Crippen molar-refractivity contribution in [3.05, 3.63) is 59.7 Å². The van der Waals surface area contributed by atoms with Gasteiger partial charge in [0.05, 0.1) is 0 Å². The standard InChI is InChI=1S/C15H14O2/c1-11-7-5-6-10-13(11)15(17)14(16)12-8-3-2-4-9-12/h2-6,8-11H,7H2,1H3. The number of ketones is 2. The fourth-order valence-corrected chi connectivity index (χ4v) is 1.90. The van der Waals surface area contributed by atoms with Crippen LogP contribution in [-0.4, -0.2) is 11.6 Å². The molecular formula is C15H14O2. The number of hydrogen-bond donors (Lipinski definition) is 0. The first kappa shape index (κ1) is 11.5. The van der Waals surface area contributed by atoms with Gasteiger partial charge in [-0.25, -0.2) is 0 Å². The molecule has 0 bridgehead atoms. The molecule has 2 nitrogen and oxygen atoms in total. The minimum atomic E-state index is -0.418. The molecule has 0 radical (unpaired) electrons. The summed E-state index contributed by atoms with van der Waals surface area (Å²) in [6.07, 6.45) is 6.41. The van der Waals surface area contributed by atoms with Gasteiger partial charge in [0.15, 0.2) is 0 Å². The van der Waals surface area contributed by atoms with Gasteiger partial charge in [-0.05, 0) is 12.3 Å². The van der Waals surface area contributed by atoms with Crippen molar-refractivity contribution < 1.29 is 9.59 Å². The van der Waals surface area contributed by atoms with Crippen LogP contribution in [-0.2, 0) is 4.79 Å². The second-order valence-corrected chi connectivity index (χ2v) is 4.21. The van der Waals surface area contributed by atoms with Crippen LogP contribution in [0.3, 0.4) is 0 Å². The number of carbonyl (C=O) groups excluding carboxylic acids is 2. The van der Waals surface area contributed by atoms with E-state index in [0.29, 0.717) is 11.1 Å². The van der Waals surface area contributed by atoms with Crippen LogP contribution in [0.15, 0.2) is 54.1 Å². The summed E-state index contributed by atoms with van der Waals surface area (Å²) >= 11 is 0. The second kappa shape index (κ2) is 4.91. The maximum absolute atomic E-state index is 12.1. The highest BCUT2D eigenvalue weighted by Gasteiger charge is 2.24. The molecule has 0 fully saturated rings. The van der Waals surface area contributed by atoms with Gasteiger partial charge in [0.1, 0.15) is 0 Å². The summed E-state index contributed by atoms with van der Waals surface area (Å²) in [4.78, 5) is 24.0. The van der Waals surface area contributed by atoms with Crippen LogP contribution in [0.2, 0.25) is 0 Å². The zero-order chi connectivity index (χ0) is 12.3. The predicted octanol–water partition coefficient (Wildman–Crippen LogP) is 2.96. The Hall–Kier alpha value is -1.96. The molecule has 0 N–H and O–H groups in total. The zero-order valence-electron chi connectivity index (χ0n) is 9.72. The van der Waals surface area contributed by atoms with E-state index in [1.165, 1.54) is 0 Å². The third-order valence-electron chi connectivity index (χ3n) is 2.94. The van der Waals surface area contributed by atoms with Gasteiger partial charge in [0, 0.05) is 11.1 Å². The Bertz CT molecular complexity index is 495. The molecule has 0 heterocycles. The van der Waals surface area contributed by atoms with E-state index in [1.807, 2.05) is 25.1 Å². The lowest BCUT2D eigenvalue weighted by Crippen LogP contribution is -2.21. The Kier molecular flexibility index (Phi) is 3.33. The number of rotatable bonds is 3. The van der Waals surface area contributed by atoms with Crippen molar-refractivity contribution in [3.63, 3.8) is 0 Å². The molecule has 0 aliphatic heterocycles. The molecule has 2 heteroatoms. The van der Waals surface area contributed by atoms with E-state index in [9.17, 15) is 9.59 Å². The first-order valence-corrected chi connectivity index (χ1v) is 5.71. The van der Waals surface area contributed by atoms with Crippen LogP contribution >= 0.6 is 0 Å². The number of carbonyl (C=O) groups is 2. The quantitative estimate of drug-likeness (QED) is 0.586. The molecule has 0 aromatic heterocycles. The molecule has 1 atom stereocenters. The van der Waals surface area contributed by atoms with E-state index < -0.39 is 5.78 Å². The van der Waals surface area contributed by atoms with E-state index in [0.717, 1.165) is 6.42 Å². The average molecular weight is 226 g/mol. The van der Waals surface area contributed by atoms with Gasteiger partial charge in [-0.2, -0.15) is 0 Å². The highest BCUT2D eigenvalue weighted by molar-refractivity contribution is 6.49. The summed E-state index contributed by atoms with van der Waals surface area (Å²) < 4.78 is 0. The highest BCUT2D eigenvalue weighted by atomic mass is 16.2. The normalized spacial score (nSPS) is 18.6. The zero-order valence-corrected chi connectivity index (χ0v) is 9.72. The lowest BCUT2D eigenvalue weighted by atomic mass is 9.87. The third-order valence-corrected chi connectivity index (χ3v) is 2.94. The smallest absolute Gasteiger partial charge is 0.233 e. The largest absolute Gasteiger partial charge is 0.285 e. The number of allylic oxidation sites excluding steroid dienone is 4. The minimum absolute atomic E-state index is 0.125. The van der Waals surface area contributed by atoms with Gasteiger partial charge in [-0.1, -0.05) is 55.5 Å². The lowest BCUT2D eigenvalue weighted by molar-refractivity contribution is -0.112. The van der Waals surface area contributed by atoms with Gasteiger partial charge in [-0.15, -0.1) is 0 Å². The Morgan fingerprint density at radius 3 is 2.47 bits per heavy atom. The minimum Gasteiger partial charge on any atom is -0.285 e. The van der Waals surface area contributed by atoms with E-state index in [2.05, 4.69) is 0 Å². The van der Waals surface area contributed by atoms with Gasteiger partial charge in [-0.3, -0.25) is 9.59 Å². The van der Waals surface area contributed by atoms with Crippen molar-refractivity contribution in [2.24, 2.45) is 5.92 Å². The molecule has 1 unspecified atom stereocenters. The molecule has 17 heavy (non-hydrogen) atoms. The van der Waals surface area contributed by atoms with Crippen molar-refractivity contribution in [3.8, 4) is 0 Å². The molecular weight excluding hydrogens is 212 g/mol. The second-order valence-electron chi connectivity index (χ2n) is 4.21. The summed E-state index contributed by atoms with van der Waals surface area (Å²) in [5.41, 5.74) is 1.07. The first-order valence-electron chi connectivity index (χ1n) is 5.71. The van der Waals surface area contributed by atoms with Crippen molar-refractivity contribution in [1.29, 1.82) is 0 Å². The van der Waals surface area contributed by atoms with Crippen molar-refractivity contribution >= 4 is 11.6 Å². The number of Topliss-reactive ketones (excluding diaryl/α,β-unsaturated/α-hetero) is 2.